The van der Waals surface area contributed by atoms with E-state index in [1.54, 1.807) is 7.11 Å². The van der Waals surface area contributed by atoms with Gasteiger partial charge in [-0.05, 0) is 62.3 Å². The quantitative estimate of drug-likeness (QED) is 0.619. The summed E-state index contributed by atoms with van der Waals surface area (Å²) in [4.78, 5) is 13.9. The molecule has 1 heterocycles. The first kappa shape index (κ1) is 22.4. The Morgan fingerprint density at radius 1 is 1.17 bits per heavy atom. The highest BCUT2D eigenvalue weighted by Crippen LogP contribution is 2.18. The lowest BCUT2D eigenvalue weighted by atomic mass is 9.93. The summed E-state index contributed by atoms with van der Waals surface area (Å²) in [5.74, 6) is 2.65. The minimum absolute atomic E-state index is 0.117. The van der Waals surface area contributed by atoms with Crippen LogP contribution in [0.25, 0.3) is 0 Å². The maximum atomic E-state index is 12.4. The van der Waals surface area contributed by atoms with Crippen LogP contribution in [-0.2, 0) is 13.1 Å². The SMILES string of the molecule is COc1cccc(C[NH+](Cc2ccc(C(=O)NCCC(C)C)o2)C2CCCCC2)c1. The Kier molecular flexibility index (Phi) is 8.38. The Balaban J connectivity index is 1.67. The highest BCUT2D eigenvalue weighted by atomic mass is 16.5. The zero-order chi connectivity index (χ0) is 21.3. The number of rotatable bonds is 10. The van der Waals surface area contributed by atoms with Crippen LogP contribution in [-0.4, -0.2) is 25.6 Å². The van der Waals surface area contributed by atoms with Gasteiger partial charge in [0.15, 0.2) is 11.5 Å². The molecular weight excluding hydrogens is 376 g/mol. The molecule has 2 aromatic rings. The maximum absolute atomic E-state index is 12.4. The summed E-state index contributed by atoms with van der Waals surface area (Å²) in [7, 11) is 1.71. The van der Waals surface area contributed by atoms with Crippen LogP contribution in [0.5, 0.6) is 5.75 Å². The Morgan fingerprint density at radius 2 is 1.97 bits per heavy atom. The van der Waals surface area contributed by atoms with Crippen molar-refractivity contribution in [1.82, 2.24) is 5.32 Å². The molecule has 0 spiro atoms. The first-order chi connectivity index (χ1) is 14.5. The summed E-state index contributed by atoms with van der Waals surface area (Å²) in [5.41, 5.74) is 1.27. The van der Waals surface area contributed by atoms with Gasteiger partial charge < -0.3 is 19.4 Å². The fourth-order valence-corrected chi connectivity index (χ4v) is 4.29. The van der Waals surface area contributed by atoms with Gasteiger partial charge in [0.05, 0.1) is 13.2 Å². The summed E-state index contributed by atoms with van der Waals surface area (Å²) in [5, 5.41) is 2.96. The molecule has 1 aliphatic carbocycles. The molecule has 30 heavy (non-hydrogen) atoms. The molecule has 0 bridgehead atoms. The van der Waals surface area contributed by atoms with Gasteiger partial charge in [0.2, 0.25) is 0 Å². The van der Waals surface area contributed by atoms with E-state index in [0.717, 1.165) is 31.0 Å². The van der Waals surface area contributed by atoms with Crippen molar-refractivity contribution >= 4 is 5.91 Å². The molecule has 3 rings (SSSR count). The van der Waals surface area contributed by atoms with E-state index in [2.05, 4.69) is 37.4 Å². The van der Waals surface area contributed by atoms with Crippen molar-refractivity contribution in [3.8, 4) is 5.75 Å². The van der Waals surface area contributed by atoms with E-state index in [9.17, 15) is 4.79 Å². The van der Waals surface area contributed by atoms with Crippen LogP contribution >= 0.6 is 0 Å². The van der Waals surface area contributed by atoms with Gasteiger partial charge in [-0.3, -0.25) is 4.79 Å². The lowest BCUT2D eigenvalue weighted by molar-refractivity contribution is -0.954. The third-order valence-electron chi connectivity index (χ3n) is 6.04. The minimum atomic E-state index is -0.117. The molecule has 1 aromatic carbocycles. The first-order valence-electron chi connectivity index (χ1n) is 11.4. The van der Waals surface area contributed by atoms with Crippen LogP contribution in [0.4, 0.5) is 0 Å². The summed E-state index contributed by atoms with van der Waals surface area (Å²) in [6.07, 6.45) is 7.41. The third kappa shape index (κ3) is 6.63. The molecule has 0 saturated heterocycles. The van der Waals surface area contributed by atoms with Crippen LogP contribution in [0.2, 0.25) is 0 Å². The average Bonchev–Trinajstić information content (AvgIpc) is 3.22. The van der Waals surface area contributed by atoms with Crippen LogP contribution < -0.4 is 15.0 Å². The van der Waals surface area contributed by atoms with Crippen molar-refractivity contribution in [2.75, 3.05) is 13.7 Å². The number of amides is 1. The predicted octanol–water partition coefficient (Wildman–Crippen LogP) is 3.98. The van der Waals surface area contributed by atoms with Crippen LogP contribution in [0.3, 0.4) is 0 Å². The predicted molar refractivity (Wildman–Crippen MR) is 119 cm³/mol. The fraction of sp³-hybridized carbons (Fsp3) is 0.560. The summed E-state index contributed by atoms with van der Waals surface area (Å²) >= 11 is 0. The molecule has 5 nitrogen and oxygen atoms in total. The highest BCUT2D eigenvalue weighted by Gasteiger charge is 2.26. The van der Waals surface area contributed by atoms with E-state index < -0.39 is 0 Å². The Labute approximate surface area is 180 Å². The van der Waals surface area contributed by atoms with Crippen molar-refractivity contribution < 1.29 is 18.8 Å². The molecule has 0 aliphatic heterocycles. The second-order valence-corrected chi connectivity index (χ2v) is 8.90. The second-order valence-electron chi connectivity index (χ2n) is 8.90. The highest BCUT2D eigenvalue weighted by molar-refractivity contribution is 5.91. The molecule has 1 amide bonds. The van der Waals surface area contributed by atoms with Crippen LogP contribution in [0, 0.1) is 5.92 Å². The smallest absolute Gasteiger partial charge is 0.287 e. The normalized spacial score (nSPS) is 15.9. The second kappa shape index (κ2) is 11.2. The zero-order valence-electron chi connectivity index (χ0n) is 18.7. The fourth-order valence-electron chi connectivity index (χ4n) is 4.29. The monoisotopic (exact) mass is 413 g/mol. The Hall–Kier alpha value is -2.27. The number of hydrogen-bond acceptors (Lipinski definition) is 3. The topological polar surface area (TPSA) is 55.9 Å². The lowest BCUT2D eigenvalue weighted by Gasteiger charge is -2.31. The van der Waals surface area contributed by atoms with E-state index in [0.29, 0.717) is 24.3 Å². The number of furan rings is 1. The minimum Gasteiger partial charge on any atom is -0.497 e. The van der Waals surface area contributed by atoms with Crippen LogP contribution in [0.1, 0.15) is 74.3 Å². The number of carbonyl (C=O) groups is 1. The van der Waals surface area contributed by atoms with E-state index in [1.165, 1.54) is 42.6 Å². The van der Waals surface area contributed by atoms with Gasteiger partial charge in [0.25, 0.3) is 5.91 Å². The number of carbonyl (C=O) groups excluding carboxylic acids is 1. The molecule has 1 aliphatic rings. The molecule has 2 N–H and O–H groups in total. The molecule has 1 saturated carbocycles. The standard InChI is InChI=1S/C25H36N2O3/c1-19(2)14-15-26-25(28)24-13-12-23(30-24)18-27(21-9-5-4-6-10-21)17-20-8-7-11-22(16-20)29-3/h7-8,11-13,16,19,21H,4-6,9-10,14-15,17-18H2,1-3H3,(H,26,28)/p+1. The molecule has 1 unspecified atom stereocenters. The van der Waals surface area contributed by atoms with Crippen molar-refractivity contribution in [1.29, 1.82) is 0 Å². The molecule has 5 heteroatoms. The van der Waals surface area contributed by atoms with Crippen molar-refractivity contribution in [3.63, 3.8) is 0 Å². The largest absolute Gasteiger partial charge is 0.497 e. The number of nitrogens with one attached hydrogen (secondary N) is 2. The molecule has 0 radical (unpaired) electrons. The van der Waals surface area contributed by atoms with Gasteiger partial charge in [-0.25, -0.2) is 0 Å². The molecular formula is C25H37N2O3+. The Morgan fingerprint density at radius 3 is 2.70 bits per heavy atom. The molecule has 1 atom stereocenters. The molecule has 164 valence electrons. The van der Waals surface area contributed by atoms with E-state index >= 15 is 0 Å². The van der Waals surface area contributed by atoms with Crippen LogP contribution in [0.15, 0.2) is 40.8 Å². The van der Waals surface area contributed by atoms with Gasteiger partial charge >= 0.3 is 0 Å². The molecule has 1 aromatic heterocycles. The van der Waals surface area contributed by atoms with Gasteiger partial charge in [-0.1, -0.05) is 32.4 Å². The third-order valence-corrected chi connectivity index (χ3v) is 6.04. The Bertz CT molecular complexity index is 793. The summed E-state index contributed by atoms with van der Waals surface area (Å²) in [6.45, 7) is 6.71. The lowest BCUT2D eigenvalue weighted by Crippen LogP contribution is -3.13. The number of quaternary nitrogens is 1. The number of hydrogen-bond donors (Lipinski definition) is 2. The maximum Gasteiger partial charge on any atom is 0.287 e. The van der Waals surface area contributed by atoms with Gasteiger partial charge in [0.1, 0.15) is 18.8 Å². The number of ether oxygens (including phenoxy) is 1. The summed E-state index contributed by atoms with van der Waals surface area (Å²) in [6, 6.07) is 12.7. The van der Waals surface area contributed by atoms with Gasteiger partial charge in [-0.15, -0.1) is 0 Å². The average molecular weight is 414 g/mol. The van der Waals surface area contributed by atoms with Gasteiger partial charge in [0, 0.05) is 12.1 Å². The number of benzene rings is 1. The molecule has 1 fully saturated rings. The van der Waals surface area contributed by atoms with E-state index in [1.807, 2.05) is 18.2 Å². The number of methoxy groups -OCH3 is 1. The van der Waals surface area contributed by atoms with Crippen molar-refractivity contribution in [3.05, 3.63) is 53.5 Å². The van der Waals surface area contributed by atoms with Crippen molar-refractivity contribution in [2.45, 2.75) is 71.5 Å². The van der Waals surface area contributed by atoms with E-state index in [4.69, 9.17) is 9.15 Å². The van der Waals surface area contributed by atoms with Gasteiger partial charge in [-0.2, -0.15) is 0 Å². The van der Waals surface area contributed by atoms with E-state index in [-0.39, 0.29) is 5.91 Å². The van der Waals surface area contributed by atoms with Crippen molar-refractivity contribution in [2.24, 2.45) is 5.92 Å². The first-order valence-corrected chi connectivity index (χ1v) is 11.4. The summed E-state index contributed by atoms with van der Waals surface area (Å²) < 4.78 is 11.4. The zero-order valence-corrected chi connectivity index (χ0v) is 18.7.